The number of esters is 1. The fourth-order valence-corrected chi connectivity index (χ4v) is 5.07. The van der Waals surface area contributed by atoms with E-state index in [9.17, 15) is 18.0 Å². The van der Waals surface area contributed by atoms with Crippen molar-refractivity contribution in [1.29, 1.82) is 0 Å². The van der Waals surface area contributed by atoms with Crippen molar-refractivity contribution in [2.24, 2.45) is 4.99 Å². The fraction of sp³-hybridized carbons (Fsp3) is 0.250. The zero-order valence-electron chi connectivity index (χ0n) is 16.4. The Labute approximate surface area is 172 Å². The summed E-state index contributed by atoms with van der Waals surface area (Å²) in [6.45, 7) is 3.73. The smallest absolute Gasteiger partial charge is 0.325 e. The van der Waals surface area contributed by atoms with E-state index >= 15 is 0 Å². The Kier molecular flexibility index (Phi) is 5.72. The van der Waals surface area contributed by atoms with E-state index in [1.54, 1.807) is 16.7 Å². The third kappa shape index (κ3) is 4.15. The molecule has 0 N–H and O–H groups in total. The largest absolute Gasteiger partial charge is 0.468 e. The lowest BCUT2D eigenvalue weighted by Gasteiger charge is -2.07. The van der Waals surface area contributed by atoms with Crippen molar-refractivity contribution in [2.45, 2.75) is 25.3 Å². The second-order valence-corrected chi connectivity index (χ2v) is 9.57. The SMILES string of the molecule is COC(=O)Cn1c(=NC(=O)c2ccccc2S(C)(=O)=O)sc2c(C)ccc(C)c21. The Morgan fingerprint density at radius 3 is 2.41 bits per heavy atom. The van der Waals surface area contributed by atoms with Crippen LogP contribution in [0.1, 0.15) is 21.5 Å². The average Bonchev–Trinajstić information content (AvgIpc) is 3.03. The van der Waals surface area contributed by atoms with Gasteiger partial charge in [-0.3, -0.25) is 9.59 Å². The minimum absolute atomic E-state index is 0.00878. The van der Waals surface area contributed by atoms with Gasteiger partial charge in [-0.2, -0.15) is 4.99 Å². The molecule has 1 heterocycles. The molecule has 152 valence electrons. The Balaban J connectivity index is 2.27. The van der Waals surface area contributed by atoms with Gasteiger partial charge in [0.25, 0.3) is 5.91 Å². The van der Waals surface area contributed by atoms with Gasteiger partial charge in [0.15, 0.2) is 14.6 Å². The zero-order chi connectivity index (χ0) is 21.3. The van der Waals surface area contributed by atoms with Crippen LogP contribution < -0.4 is 4.80 Å². The molecular formula is C20H20N2O5S2. The second-order valence-electron chi connectivity index (χ2n) is 6.61. The molecule has 0 spiro atoms. The maximum absolute atomic E-state index is 12.9. The van der Waals surface area contributed by atoms with Crippen molar-refractivity contribution in [3.05, 3.63) is 57.9 Å². The lowest BCUT2D eigenvalue weighted by Crippen LogP contribution is -2.23. The summed E-state index contributed by atoms with van der Waals surface area (Å²) in [5.41, 5.74) is 2.70. The molecule has 9 heteroatoms. The van der Waals surface area contributed by atoms with Gasteiger partial charge >= 0.3 is 5.97 Å². The van der Waals surface area contributed by atoms with Gasteiger partial charge in [-0.25, -0.2) is 8.42 Å². The summed E-state index contributed by atoms with van der Waals surface area (Å²) < 4.78 is 31.4. The summed E-state index contributed by atoms with van der Waals surface area (Å²) in [5.74, 6) is -1.16. The summed E-state index contributed by atoms with van der Waals surface area (Å²) in [5, 5.41) is 0. The number of aryl methyl sites for hydroxylation is 2. The number of carbonyl (C=O) groups is 2. The van der Waals surface area contributed by atoms with Crippen LogP contribution in [-0.2, 0) is 25.9 Å². The third-order valence-corrected chi connectivity index (χ3v) is 6.82. The van der Waals surface area contributed by atoms with Crippen molar-refractivity contribution in [2.75, 3.05) is 13.4 Å². The first-order valence-electron chi connectivity index (χ1n) is 8.68. The molecule has 0 atom stereocenters. The summed E-state index contributed by atoms with van der Waals surface area (Å²) >= 11 is 1.27. The third-order valence-electron chi connectivity index (χ3n) is 4.45. The van der Waals surface area contributed by atoms with Gasteiger partial charge in [-0.15, -0.1) is 0 Å². The Morgan fingerprint density at radius 1 is 1.10 bits per heavy atom. The highest BCUT2D eigenvalue weighted by Gasteiger charge is 2.19. The first-order valence-corrected chi connectivity index (χ1v) is 11.4. The lowest BCUT2D eigenvalue weighted by atomic mass is 10.1. The predicted molar refractivity (Wildman–Crippen MR) is 111 cm³/mol. The average molecular weight is 433 g/mol. The quantitative estimate of drug-likeness (QED) is 0.591. The number of ether oxygens (including phenoxy) is 1. The van der Waals surface area contributed by atoms with Crippen LogP contribution in [0.2, 0.25) is 0 Å². The molecule has 0 bridgehead atoms. The Hall–Kier alpha value is -2.78. The molecule has 29 heavy (non-hydrogen) atoms. The minimum atomic E-state index is -3.60. The predicted octanol–water partition coefficient (Wildman–Crippen LogP) is 2.64. The molecule has 2 aromatic carbocycles. The Morgan fingerprint density at radius 2 is 1.76 bits per heavy atom. The van der Waals surface area contributed by atoms with Gasteiger partial charge in [0, 0.05) is 6.26 Å². The van der Waals surface area contributed by atoms with Crippen molar-refractivity contribution < 1.29 is 22.7 Å². The van der Waals surface area contributed by atoms with E-state index in [0.29, 0.717) is 4.80 Å². The minimum Gasteiger partial charge on any atom is -0.468 e. The number of nitrogens with zero attached hydrogens (tertiary/aromatic N) is 2. The summed E-state index contributed by atoms with van der Waals surface area (Å²) in [6.07, 6.45) is 1.04. The molecule has 0 radical (unpaired) electrons. The highest BCUT2D eigenvalue weighted by molar-refractivity contribution is 7.90. The molecule has 0 aliphatic carbocycles. The van der Waals surface area contributed by atoms with Crippen LogP contribution in [0.3, 0.4) is 0 Å². The number of benzene rings is 2. The highest BCUT2D eigenvalue weighted by Crippen LogP contribution is 2.25. The van der Waals surface area contributed by atoms with Crippen LogP contribution in [-0.4, -0.2) is 38.2 Å². The van der Waals surface area contributed by atoms with Crippen LogP contribution in [0.4, 0.5) is 0 Å². The molecule has 0 saturated carbocycles. The molecule has 3 aromatic rings. The number of amides is 1. The molecule has 0 fully saturated rings. The molecule has 0 aliphatic heterocycles. The van der Waals surface area contributed by atoms with Crippen LogP contribution in [0, 0.1) is 13.8 Å². The van der Waals surface area contributed by atoms with Crippen molar-refractivity contribution >= 4 is 43.3 Å². The van der Waals surface area contributed by atoms with E-state index < -0.39 is 21.7 Å². The number of sulfone groups is 1. The van der Waals surface area contributed by atoms with Crippen molar-refractivity contribution in [3.63, 3.8) is 0 Å². The van der Waals surface area contributed by atoms with E-state index in [-0.39, 0.29) is 17.0 Å². The van der Waals surface area contributed by atoms with Crippen molar-refractivity contribution in [1.82, 2.24) is 4.57 Å². The highest BCUT2D eigenvalue weighted by atomic mass is 32.2. The molecular weight excluding hydrogens is 412 g/mol. The topological polar surface area (TPSA) is 94.8 Å². The maximum atomic E-state index is 12.9. The van der Waals surface area contributed by atoms with E-state index in [0.717, 1.165) is 27.6 Å². The summed E-state index contributed by atoms with van der Waals surface area (Å²) in [6, 6.07) is 9.83. The number of aromatic nitrogens is 1. The normalized spacial score (nSPS) is 12.3. The van der Waals surface area contributed by atoms with E-state index in [1.165, 1.54) is 30.6 Å². The van der Waals surface area contributed by atoms with Gasteiger partial charge < -0.3 is 9.30 Å². The molecule has 3 rings (SSSR count). The summed E-state index contributed by atoms with van der Waals surface area (Å²) in [7, 11) is -2.31. The van der Waals surface area contributed by atoms with Gasteiger partial charge in [0.05, 0.1) is 27.8 Å². The van der Waals surface area contributed by atoms with E-state index in [4.69, 9.17) is 4.74 Å². The van der Waals surface area contributed by atoms with Gasteiger partial charge in [0.1, 0.15) is 6.54 Å². The van der Waals surface area contributed by atoms with Crippen LogP contribution in [0.25, 0.3) is 10.2 Å². The molecule has 1 aromatic heterocycles. The maximum Gasteiger partial charge on any atom is 0.325 e. The Bertz CT molecular complexity index is 1300. The number of hydrogen-bond donors (Lipinski definition) is 0. The summed E-state index contributed by atoms with van der Waals surface area (Å²) in [4.78, 5) is 29.3. The van der Waals surface area contributed by atoms with Crippen LogP contribution >= 0.6 is 11.3 Å². The van der Waals surface area contributed by atoms with Crippen LogP contribution in [0.15, 0.2) is 46.3 Å². The number of hydrogen-bond acceptors (Lipinski definition) is 6. The van der Waals surface area contributed by atoms with E-state index in [1.807, 2.05) is 26.0 Å². The van der Waals surface area contributed by atoms with Gasteiger partial charge in [0.2, 0.25) is 0 Å². The second kappa shape index (κ2) is 7.92. The fourth-order valence-electron chi connectivity index (χ4n) is 3.01. The lowest BCUT2D eigenvalue weighted by molar-refractivity contribution is -0.141. The van der Waals surface area contributed by atoms with Crippen molar-refractivity contribution in [3.8, 4) is 0 Å². The monoisotopic (exact) mass is 432 g/mol. The molecule has 0 aliphatic rings. The van der Waals surface area contributed by atoms with Gasteiger partial charge in [-0.05, 0) is 37.1 Å². The standard InChI is InChI=1S/C20H20N2O5S2/c1-12-9-10-13(2)18-17(12)22(11-16(23)27-3)20(28-18)21-19(24)14-7-5-6-8-15(14)29(4,25)26/h5-10H,11H2,1-4H3. The number of rotatable bonds is 4. The molecule has 7 nitrogen and oxygen atoms in total. The zero-order valence-corrected chi connectivity index (χ0v) is 18.1. The number of fused-ring (bicyclic) bond motifs is 1. The first kappa shape index (κ1) is 20.9. The molecule has 0 unspecified atom stereocenters. The van der Waals surface area contributed by atoms with Gasteiger partial charge in [-0.1, -0.05) is 35.6 Å². The first-order chi connectivity index (χ1) is 13.6. The number of carbonyl (C=O) groups excluding carboxylic acids is 2. The molecule has 1 amide bonds. The van der Waals surface area contributed by atoms with E-state index in [2.05, 4.69) is 4.99 Å². The molecule has 0 saturated heterocycles. The number of methoxy groups -OCH3 is 1. The number of thiazole rings is 1. The van der Waals surface area contributed by atoms with Crippen LogP contribution in [0.5, 0.6) is 0 Å².